The van der Waals surface area contributed by atoms with Crippen LogP contribution in [-0.2, 0) is 14.8 Å². The second kappa shape index (κ2) is 9.72. The average molecular weight is 407 g/mol. The number of hydrogen-bond donors (Lipinski definition) is 3. The molecule has 28 heavy (non-hydrogen) atoms. The lowest BCUT2D eigenvalue weighted by molar-refractivity contribution is 0.0526. The van der Waals surface area contributed by atoms with Crippen molar-refractivity contribution >= 4 is 27.7 Å². The lowest BCUT2D eigenvalue weighted by Gasteiger charge is -2.10. The number of esters is 1. The Morgan fingerprint density at radius 3 is 2.14 bits per heavy atom. The highest BCUT2D eigenvalue weighted by molar-refractivity contribution is 7.89. The largest absolute Gasteiger partial charge is 0.494 e. The molecule has 0 spiro atoms. The topological polar surface area (TPSA) is 123 Å². The van der Waals surface area contributed by atoms with E-state index in [1.807, 2.05) is 11.8 Å². The summed E-state index contributed by atoms with van der Waals surface area (Å²) in [6, 6.07) is 10.9. The smallest absolute Gasteiger partial charge is 0.338 e. The average Bonchev–Trinajstić information content (AvgIpc) is 2.68. The maximum Gasteiger partial charge on any atom is 0.338 e. The van der Waals surface area contributed by atoms with Crippen LogP contribution in [0.15, 0.2) is 53.4 Å². The third kappa shape index (κ3) is 5.96. The fraction of sp³-hybridized carbons (Fsp3) is 0.222. The minimum Gasteiger partial charge on any atom is -0.494 e. The van der Waals surface area contributed by atoms with Crippen molar-refractivity contribution < 1.29 is 27.5 Å². The first kappa shape index (κ1) is 21.2. The molecule has 0 aliphatic carbocycles. The molecule has 3 N–H and O–H groups in total. The summed E-state index contributed by atoms with van der Waals surface area (Å²) in [6.45, 7) is 4.24. The Labute approximate surface area is 163 Å². The molecule has 0 aliphatic rings. The van der Waals surface area contributed by atoms with Gasteiger partial charge in [0.2, 0.25) is 0 Å². The van der Waals surface area contributed by atoms with Crippen LogP contribution in [0.3, 0.4) is 0 Å². The number of anilines is 1. The minimum atomic E-state index is -3.94. The van der Waals surface area contributed by atoms with E-state index in [2.05, 4.69) is 10.7 Å². The van der Waals surface area contributed by atoms with Crippen molar-refractivity contribution in [3.63, 3.8) is 0 Å². The molecule has 0 unspecified atom stereocenters. The van der Waals surface area contributed by atoms with Gasteiger partial charge in [-0.05, 0) is 62.4 Å². The van der Waals surface area contributed by atoms with Gasteiger partial charge in [0.05, 0.1) is 23.7 Å². The number of hydrogen-bond acceptors (Lipinski definition) is 6. The van der Waals surface area contributed by atoms with E-state index < -0.39 is 22.0 Å². The van der Waals surface area contributed by atoms with Crippen LogP contribution in [0, 0.1) is 0 Å². The summed E-state index contributed by atoms with van der Waals surface area (Å²) in [7, 11) is -3.94. The first-order chi connectivity index (χ1) is 13.4. The van der Waals surface area contributed by atoms with E-state index in [1.54, 1.807) is 6.92 Å². The molecule has 0 aromatic heterocycles. The molecule has 0 aliphatic heterocycles. The Morgan fingerprint density at radius 1 is 0.929 bits per heavy atom. The van der Waals surface area contributed by atoms with Crippen LogP contribution >= 0.6 is 0 Å². The fourth-order valence-electron chi connectivity index (χ4n) is 2.12. The van der Waals surface area contributed by atoms with Gasteiger partial charge < -0.3 is 14.8 Å². The van der Waals surface area contributed by atoms with Gasteiger partial charge in [0.25, 0.3) is 10.0 Å². The quantitative estimate of drug-likeness (QED) is 0.456. The zero-order chi connectivity index (χ0) is 20.6. The summed E-state index contributed by atoms with van der Waals surface area (Å²) >= 11 is 0. The Hall–Kier alpha value is -3.11. The number of rotatable bonds is 8. The van der Waals surface area contributed by atoms with Gasteiger partial charge in [-0.15, -0.1) is 4.83 Å². The Morgan fingerprint density at radius 2 is 1.57 bits per heavy atom. The number of hydrazine groups is 1. The fourth-order valence-corrected chi connectivity index (χ4v) is 2.96. The van der Waals surface area contributed by atoms with Crippen molar-refractivity contribution in [1.82, 2.24) is 10.3 Å². The van der Waals surface area contributed by atoms with Crippen molar-refractivity contribution in [3.05, 3.63) is 54.1 Å². The summed E-state index contributed by atoms with van der Waals surface area (Å²) in [5, 5.41) is 2.44. The van der Waals surface area contributed by atoms with Crippen molar-refractivity contribution in [2.24, 2.45) is 0 Å². The van der Waals surface area contributed by atoms with E-state index in [9.17, 15) is 18.0 Å². The SMILES string of the molecule is CCOC(=O)c1ccc(NC(=O)NNS(=O)(=O)c2ccc(OCC)cc2)cc1. The zero-order valence-corrected chi connectivity index (χ0v) is 16.2. The maximum atomic E-state index is 12.2. The Balaban J connectivity index is 1.91. The third-order valence-corrected chi connectivity index (χ3v) is 4.66. The summed E-state index contributed by atoms with van der Waals surface area (Å²) < 4.78 is 34.5. The van der Waals surface area contributed by atoms with Crippen LogP contribution in [0.5, 0.6) is 5.75 Å². The predicted molar refractivity (Wildman–Crippen MR) is 102 cm³/mol. The number of amides is 2. The lowest BCUT2D eigenvalue weighted by atomic mass is 10.2. The number of carbonyl (C=O) groups is 2. The molecule has 9 nitrogen and oxygen atoms in total. The van der Waals surface area contributed by atoms with Crippen molar-refractivity contribution in [2.75, 3.05) is 18.5 Å². The minimum absolute atomic E-state index is 0.0324. The number of nitrogens with one attached hydrogen (secondary N) is 3. The van der Waals surface area contributed by atoms with Gasteiger partial charge in [-0.2, -0.15) is 0 Å². The van der Waals surface area contributed by atoms with Gasteiger partial charge in [0.15, 0.2) is 0 Å². The van der Waals surface area contributed by atoms with Crippen LogP contribution in [0.25, 0.3) is 0 Å². The molecule has 0 saturated heterocycles. The van der Waals surface area contributed by atoms with E-state index >= 15 is 0 Å². The first-order valence-electron chi connectivity index (χ1n) is 8.44. The van der Waals surface area contributed by atoms with Gasteiger partial charge >= 0.3 is 12.0 Å². The summed E-state index contributed by atoms with van der Waals surface area (Å²) in [4.78, 5) is 25.4. The highest BCUT2D eigenvalue weighted by atomic mass is 32.2. The molecule has 2 aromatic rings. The van der Waals surface area contributed by atoms with Gasteiger partial charge in [-0.3, -0.25) is 5.43 Å². The standard InChI is InChI=1S/C18H21N3O6S/c1-3-26-15-9-11-16(12-10-15)28(24,25)21-20-18(23)19-14-7-5-13(6-8-14)17(22)27-4-2/h5-12,21H,3-4H2,1-2H3,(H2,19,20,23). The Bertz CT molecular complexity index is 911. The highest BCUT2D eigenvalue weighted by Gasteiger charge is 2.15. The number of sulfonamides is 1. The second-order valence-corrected chi connectivity index (χ2v) is 7.07. The molecule has 0 radical (unpaired) electrons. The Kier molecular flexibility index (Phi) is 7.36. The summed E-state index contributed by atoms with van der Waals surface area (Å²) in [6.07, 6.45) is 0. The lowest BCUT2D eigenvalue weighted by Crippen LogP contribution is -2.43. The van der Waals surface area contributed by atoms with Gasteiger partial charge in [0.1, 0.15) is 5.75 Å². The van der Waals surface area contributed by atoms with Gasteiger partial charge in [-0.1, -0.05) is 0 Å². The van der Waals surface area contributed by atoms with Crippen molar-refractivity contribution in [3.8, 4) is 5.75 Å². The molecule has 150 valence electrons. The van der Waals surface area contributed by atoms with Crippen molar-refractivity contribution in [2.45, 2.75) is 18.7 Å². The molecule has 0 fully saturated rings. The number of carbonyl (C=O) groups excluding carboxylic acids is 2. The number of benzene rings is 2. The van der Waals surface area contributed by atoms with E-state index in [1.165, 1.54) is 48.5 Å². The van der Waals surface area contributed by atoms with Gasteiger partial charge in [0, 0.05) is 5.69 Å². The molecule has 2 aromatic carbocycles. The molecule has 0 bridgehead atoms. The van der Waals surface area contributed by atoms with Gasteiger partial charge in [-0.25, -0.2) is 18.0 Å². The van der Waals surface area contributed by atoms with E-state index in [4.69, 9.17) is 9.47 Å². The van der Waals surface area contributed by atoms with E-state index in [-0.39, 0.29) is 11.5 Å². The normalized spacial score (nSPS) is 10.8. The molecule has 2 rings (SSSR count). The highest BCUT2D eigenvalue weighted by Crippen LogP contribution is 2.15. The van der Waals surface area contributed by atoms with Crippen molar-refractivity contribution in [1.29, 1.82) is 0 Å². The van der Waals surface area contributed by atoms with E-state index in [0.29, 0.717) is 23.6 Å². The molecule has 0 heterocycles. The molecular formula is C18H21N3O6S. The molecular weight excluding hydrogens is 386 g/mol. The molecule has 0 atom stereocenters. The van der Waals surface area contributed by atoms with Crippen LogP contribution < -0.4 is 20.3 Å². The monoisotopic (exact) mass is 407 g/mol. The third-order valence-electron chi connectivity index (χ3n) is 3.40. The maximum absolute atomic E-state index is 12.2. The molecule has 2 amide bonds. The predicted octanol–water partition coefficient (Wildman–Crippen LogP) is 2.28. The van der Waals surface area contributed by atoms with Crippen LogP contribution in [0.2, 0.25) is 0 Å². The molecule has 10 heteroatoms. The number of ether oxygens (including phenoxy) is 2. The number of urea groups is 1. The van der Waals surface area contributed by atoms with Crippen LogP contribution in [-0.4, -0.2) is 33.6 Å². The first-order valence-corrected chi connectivity index (χ1v) is 9.93. The molecule has 0 saturated carbocycles. The summed E-state index contributed by atoms with van der Waals surface area (Å²) in [5.41, 5.74) is 2.76. The summed E-state index contributed by atoms with van der Waals surface area (Å²) in [5.74, 6) is 0.0695. The van der Waals surface area contributed by atoms with Crippen LogP contribution in [0.1, 0.15) is 24.2 Å². The second-order valence-electron chi connectivity index (χ2n) is 5.39. The van der Waals surface area contributed by atoms with Crippen LogP contribution in [0.4, 0.5) is 10.5 Å². The zero-order valence-electron chi connectivity index (χ0n) is 15.4. The van der Waals surface area contributed by atoms with E-state index in [0.717, 1.165) is 0 Å².